The Kier molecular flexibility index (Phi) is 3.40. The number of aromatic hydroxyl groups is 1. The first-order valence-electron chi connectivity index (χ1n) is 5.73. The summed E-state index contributed by atoms with van der Waals surface area (Å²) in [4.78, 5) is 12.9. The smallest absolute Gasteiger partial charge is 0.416 e. The number of phenolic OH excluding ortho intramolecular Hbond substituents is 1. The van der Waals surface area contributed by atoms with Gasteiger partial charge in [0.1, 0.15) is 5.75 Å². The van der Waals surface area contributed by atoms with Crippen LogP contribution >= 0.6 is 0 Å². The number of nitrogens with two attached hydrogens (primary N) is 1. The molecular weight excluding hydrogens is 261 g/mol. The predicted molar refractivity (Wildman–Crippen MR) is 62.6 cm³/mol. The molecule has 7 heteroatoms. The minimum absolute atomic E-state index is 0.0959. The molecular formula is C12H13F3N2O2. The fourth-order valence-electron chi connectivity index (χ4n) is 2.09. The van der Waals surface area contributed by atoms with E-state index in [9.17, 15) is 23.1 Å². The lowest BCUT2D eigenvalue weighted by Gasteiger charge is -2.19. The summed E-state index contributed by atoms with van der Waals surface area (Å²) in [5.41, 5.74) is 4.44. The van der Waals surface area contributed by atoms with Crippen molar-refractivity contribution < 1.29 is 23.1 Å². The Labute approximate surface area is 107 Å². The van der Waals surface area contributed by atoms with Crippen molar-refractivity contribution in [2.24, 2.45) is 11.7 Å². The molecule has 3 N–H and O–H groups in total. The summed E-state index contributed by atoms with van der Waals surface area (Å²) in [5.74, 6) is -0.773. The molecule has 1 atom stereocenters. The fourth-order valence-corrected chi connectivity index (χ4v) is 2.09. The molecule has 1 fully saturated rings. The van der Waals surface area contributed by atoms with Crippen LogP contribution in [0.4, 0.5) is 18.9 Å². The van der Waals surface area contributed by atoms with Crippen LogP contribution in [0.3, 0.4) is 0 Å². The van der Waals surface area contributed by atoms with Crippen molar-refractivity contribution in [1.82, 2.24) is 0 Å². The van der Waals surface area contributed by atoms with E-state index < -0.39 is 11.7 Å². The van der Waals surface area contributed by atoms with Gasteiger partial charge in [-0.3, -0.25) is 4.79 Å². The zero-order valence-electron chi connectivity index (χ0n) is 9.94. The standard InChI is InChI=1S/C12H13F3N2O2/c13-12(14,15)8-1-2-10(18)9(4-8)17-6-7(5-16)3-11(17)19/h1-2,4,7,18H,3,5-6,16H2. The molecule has 1 heterocycles. The molecule has 2 rings (SSSR count). The van der Waals surface area contributed by atoms with Gasteiger partial charge in [-0.15, -0.1) is 0 Å². The summed E-state index contributed by atoms with van der Waals surface area (Å²) < 4.78 is 37.9. The normalized spacial score (nSPS) is 20.1. The molecule has 0 aliphatic carbocycles. The van der Waals surface area contributed by atoms with Gasteiger partial charge in [0.2, 0.25) is 5.91 Å². The maximum atomic E-state index is 12.6. The second-order valence-corrected chi connectivity index (χ2v) is 4.51. The molecule has 4 nitrogen and oxygen atoms in total. The number of benzene rings is 1. The number of hydrogen-bond donors (Lipinski definition) is 2. The molecule has 1 aliphatic heterocycles. The van der Waals surface area contributed by atoms with E-state index in [1.165, 1.54) is 0 Å². The largest absolute Gasteiger partial charge is 0.506 e. The third kappa shape index (κ3) is 2.65. The number of rotatable bonds is 2. The number of alkyl halides is 3. The van der Waals surface area contributed by atoms with Gasteiger partial charge in [-0.1, -0.05) is 0 Å². The SMILES string of the molecule is NCC1CC(=O)N(c2cc(C(F)(F)F)ccc2O)C1. The first-order valence-corrected chi connectivity index (χ1v) is 5.73. The summed E-state index contributed by atoms with van der Waals surface area (Å²) in [6, 6.07) is 2.51. The summed E-state index contributed by atoms with van der Waals surface area (Å²) in [6.45, 7) is 0.506. The highest BCUT2D eigenvalue weighted by molar-refractivity contribution is 5.97. The van der Waals surface area contributed by atoms with Gasteiger partial charge in [-0.25, -0.2) is 0 Å². The quantitative estimate of drug-likeness (QED) is 0.863. The molecule has 0 radical (unpaired) electrons. The molecule has 0 saturated carbocycles. The topological polar surface area (TPSA) is 66.6 Å². The van der Waals surface area contributed by atoms with Gasteiger partial charge < -0.3 is 15.7 Å². The minimum atomic E-state index is -4.52. The molecule has 0 spiro atoms. The van der Waals surface area contributed by atoms with E-state index in [0.717, 1.165) is 23.1 Å². The molecule has 1 aliphatic rings. The molecule has 1 aromatic rings. The predicted octanol–water partition coefficient (Wildman–Crippen LogP) is 1.72. The van der Waals surface area contributed by atoms with Crippen molar-refractivity contribution in [2.45, 2.75) is 12.6 Å². The number of carbonyl (C=O) groups excluding carboxylic acids is 1. The average molecular weight is 274 g/mol. The summed E-state index contributed by atoms with van der Waals surface area (Å²) in [6.07, 6.45) is -4.33. The number of nitrogens with zero attached hydrogens (tertiary/aromatic N) is 1. The Morgan fingerprint density at radius 1 is 1.42 bits per heavy atom. The number of hydrogen-bond acceptors (Lipinski definition) is 3. The Morgan fingerprint density at radius 3 is 2.63 bits per heavy atom. The Hall–Kier alpha value is -1.76. The van der Waals surface area contributed by atoms with Crippen molar-refractivity contribution in [3.63, 3.8) is 0 Å². The van der Waals surface area contributed by atoms with Crippen LogP contribution < -0.4 is 10.6 Å². The third-order valence-corrected chi connectivity index (χ3v) is 3.13. The van der Waals surface area contributed by atoms with Crippen LogP contribution in [0.25, 0.3) is 0 Å². The van der Waals surface area contributed by atoms with E-state index in [1.807, 2.05) is 0 Å². The zero-order chi connectivity index (χ0) is 14.2. The molecule has 1 amide bonds. The van der Waals surface area contributed by atoms with E-state index in [-0.39, 0.29) is 42.8 Å². The number of phenols is 1. The Balaban J connectivity index is 2.37. The Bertz CT molecular complexity index is 502. The molecule has 1 unspecified atom stereocenters. The number of amides is 1. The van der Waals surface area contributed by atoms with Crippen LogP contribution in [0, 0.1) is 5.92 Å². The van der Waals surface area contributed by atoms with Gasteiger partial charge in [0.25, 0.3) is 0 Å². The van der Waals surface area contributed by atoms with Crippen molar-refractivity contribution in [3.05, 3.63) is 23.8 Å². The zero-order valence-corrected chi connectivity index (χ0v) is 9.94. The number of carbonyl (C=O) groups is 1. The lowest BCUT2D eigenvalue weighted by Crippen LogP contribution is -2.26. The van der Waals surface area contributed by atoms with Crippen molar-refractivity contribution in [1.29, 1.82) is 0 Å². The lowest BCUT2D eigenvalue weighted by atomic mass is 10.1. The van der Waals surface area contributed by atoms with Crippen LogP contribution in [0.5, 0.6) is 5.75 Å². The summed E-state index contributed by atoms with van der Waals surface area (Å²) >= 11 is 0. The molecule has 0 aromatic heterocycles. The van der Waals surface area contributed by atoms with E-state index in [1.54, 1.807) is 0 Å². The average Bonchev–Trinajstić information content (AvgIpc) is 2.69. The molecule has 1 saturated heterocycles. The van der Waals surface area contributed by atoms with Crippen molar-refractivity contribution in [3.8, 4) is 5.75 Å². The van der Waals surface area contributed by atoms with Crippen LogP contribution in [-0.2, 0) is 11.0 Å². The second kappa shape index (κ2) is 4.73. The van der Waals surface area contributed by atoms with Crippen LogP contribution in [0.2, 0.25) is 0 Å². The Morgan fingerprint density at radius 2 is 2.11 bits per heavy atom. The van der Waals surface area contributed by atoms with Crippen molar-refractivity contribution >= 4 is 11.6 Å². The first-order chi connectivity index (χ1) is 8.82. The van der Waals surface area contributed by atoms with Gasteiger partial charge >= 0.3 is 6.18 Å². The van der Waals surface area contributed by atoms with Crippen LogP contribution in [-0.4, -0.2) is 24.1 Å². The van der Waals surface area contributed by atoms with E-state index in [0.29, 0.717) is 0 Å². The maximum Gasteiger partial charge on any atom is 0.416 e. The highest BCUT2D eigenvalue weighted by atomic mass is 19.4. The van der Waals surface area contributed by atoms with E-state index in [2.05, 4.69) is 0 Å². The number of anilines is 1. The molecule has 0 bridgehead atoms. The van der Waals surface area contributed by atoms with Crippen molar-refractivity contribution in [2.75, 3.05) is 18.0 Å². The highest BCUT2D eigenvalue weighted by Crippen LogP contribution is 2.38. The van der Waals surface area contributed by atoms with E-state index >= 15 is 0 Å². The van der Waals surface area contributed by atoms with Gasteiger partial charge in [-0.2, -0.15) is 13.2 Å². The maximum absolute atomic E-state index is 12.6. The van der Waals surface area contributed by atoms with Gasteiger partial charge in [0.15, 0.2) is 0 Å². The first kappa shape index (κ1) is 13.7. The van der Waals surface area contributed by atoms with Gasteiger partial charge in [0.05, 0.1) is 11.3 Å². The molecule has 1 aromatic carbocycles. The number of halogens is 3. The second-order valence-electron chi connectivity index (χ2n) is 4.51. The minimum Gasteiger partial charge on any atom is -0.506 e. The third-order valence-electron chi connectivity index (χ3n) is 3.13. The summed E-state index contributed by atoms with van der Waals surface area (Å²) in [7, 11) is 0. The van der Waals surface area contributed by atoms with Gasteiger partial charge in [0, 0.05) is 13.0 Å². The van der Waals surface area contributed by atoms with E-state index in [4.69, 9.17) is 5.73 Å². The highest BCUT2D eigenvalue weighted by Gasteiger charge is 2.35. The van der Waals surface area contributed by atoms with Gasteiger partial charge in [-0.05, 0) is 30.7 Å². The fraction of sp³-hybridized carbons (Fsp3) is 0.417. The monoisotopic (exact) mass is 274 g/mol. The lowest BCUT2D eigenvalue weighted by molar-refractivity contribution is -0.137. The van der Waals surface area contributed by atoms with Crippen LogP contribution in [0.15, 0.2) is 18.2 Å². The molecule has 104 valence electrons. The van der Waals surface area contributed by atoms with Crippen LogP contribution in [0.1, 0.15) is 12.0 Å². The molecule has 19 heavy (non-hydrogen) atoms. The summed E-state index contributed by atoms with van der Waals surface area (Å²) in [5, 5.41) is 9.65.